The molecule has 2 N–H and O–H groups in total. The molecule has 1 aromatic carbocycles. The lowest BCUT2D eigenvalue weighted by molar-refractivity contribution is 0.0690. The smallest absolute Gasteiger partial charge is 0.354 e. The van der Waals surface area contributed by atoms with E-state index in [1.54, 1.807) is 6.07 Å². The Hall–Kier alpha value is -2.14. The Labute approximate surface area is 107 Å². The zero-order valence-electron chi connectivity index (χ0n) is 9.02. The summed E-state index contributed by atoms with van der Waals surface area (Å²) < 4.78 is 13.6. The number of benzene rings is 1. The number of anilines is 2. The van der Waals surface area contributed by atoms with Gasteiger partial charge in [-0.15, -0.1) is 0 Å². The van der Waals surface area contributed by atoms with Gasteiger partial charge in [-0.3, -0.25) is 0 Å². The third-order valence-electron chi connectivity index (χ3n) is 2.21. The molecule has 0 aliphatic heterocycles. The minimum Gasteiger partial charge on any atom is -0.477 e. The number of carbonyl (C=O) groups is 1. The molecule has 92 valence electrons. The third kappa shape index (κ3) is 2.57. The number of nitrogens with one attached hydrogen (secondary N) is 1. The van der Waals surface area contributed by atoms with Crippen LogP contribution in [0, 0.1) is 5.82 Å². The lowest BCUT2D eigenvalue weighted by Gasteiger charge is -2.07. The van der Waals surface area contributed by atoms with Crippen LogP contribution in [0.1, 0.15) is 10.5 Å². The van der Waals surface area contributed by atoms with Crippen molar-refractivity contribution in [1.82, 2.24) is 4.98 Å². The Morgan fingerprint density at radius 1 is 1.33 bits per heavy atom. The molecule has 0 aliphatic carbocycles. The molecule has 0 saturated heterocycles. The highest BCUT2D eigenvalue weighted by molar-refractivity contribution is 6.31. The number of halogens is 2. The molecule has 0 saturated carbocycles. The second kappa shape index (κ2) is 5.01. The van der Waals surface area contributed by atoms with Crippen LogP contribution in [0.5, 0.6) is 0 Å². The van der Waals surface area contributed by atoms with E-state index in [0.29, 0.717) is 5.69 Å². The Balaban J connectivity index is 2.24. The fourth-order valence-electron chi connectivity index (χ4n) is 1.35. The highest BCUT2D eigenvalue weighted by Gasteiger charge is 2.07. The average molecular weight is 267 g/mol. The van der Waals surface area contributed by atoms with Crippen LogP contribution in [0.2, 0.25) is 5.02 Å². The minimum atomic E-state index is -1.12. The van der Waals surface area contributed by atoms with E-state index in [0.717, 1.165) is 0 Å². The summed E-state index contributed by atoms with van der Waals surface area (Å²) in [6.45, 7) is 0. The number of hydrogen-bond donors (Lipinski definition) is 2. The second-order valence-electron chi connectivity index (χ2n) is 3.46. The first-order valence-electron chi connectivity index (χ1n) is 4.98. The number of carboxylic acids is 1. The molecule has 4 nitrogen and oxygen atoms in total. The molecule has 0 atom stereocenters. The van der Waals surface area contributed by atoms with E-state index >= 15 is 0 Å². The second-order valence-corrected chi connectivity index (χ2v) is 3.87. The molecule has 0 spiro atoms. The Morgan fingerprint density at radius 2 is 2.11 bits per heavy atom. The number of aromatic carboxylic acids is 1. The molecule has 0 fully saturated rings. The van der Waals surface area contributed by atoms with Crippen LogP contribution < -0.4 is 5.32 Å². The van der Waals surface area contributed by atoms with Gasteiger partial charge in [0, 0.05) is 0 Å². The molecule has 1 heterocycles. The topological polar surface area (TPSA) is 62.2 Å². The normalized spacial score (nSPS) is 10.1. The Kier molecular flexibility index (Phi) is 3.43. The van der Waals surface area contributed by atoms with E-state index in [1.807, 2.05) is 0 Å². The van der Waals surface area contributed by atoms with Gasteiger partial charge in [0.25, 0.3) is 0 Å². The van der Waals surface area contributed by atoms with Crippen molar-refractivity contribution in [3.63, 3.8) is 0 Å². The molecule has 2 rings (SSSR count). The molecule has 0 radical (unpaired) electrons. The number of pyridine rings is 1. The molecular formula is C12H8ClFN2O2. The molecule has 18 heavy (non-hydrogen) atoms. The summed E-state index contributed by atoms with van der Waals surface area (Å²) in [7, 11) is 0. The third-order valence-corrected chi connectivity index (χ3v) is 2.51. The fourth-order valence-corrected chi connectivity index (χ4v) is 1.52. The van der Waals surface area contributed by atoms with Gasteiger partial charge in [0.05, 0.1) is 22.6 Å². The van der Waals surface area contributed by atoms with Crippen molar-refractivity contribution in [3.05, 3.63) is 53.1 Å². The number of carboxylic acid groups (broad SMARTS) is 1. The number of aromatic nitrogens is 1. The van der Waals surface area contributed by atoms with Crippen LogP contribution in [0.4, 0.5) is 15.8 Å². The van der Waals surface area contributed by atoms with Crippen LogP contribution >= 0.6 is 11.6 Å². The van der Waals surface area contributed by atoms with Crippen LogP contribution in [0.3, 0.4) is 0 Å². The quantitative estimate of drug-likeness (QED) is 0.895. The maximum atomic E-state index is 13.6. The summed E-state index contributed by atoms with van der Waals surface area (Å²) in [5.41, 5.74) is 0.598. The van der Waals surface area contributed by atoms with E-state index in [2.05, 4.69) is 10.3 Å². The Bertz CT molecular complexity index is 587. The highest BCUT2D eigenvalue weighted by atomic mass is 35.5. The van der Waals surface area contributed by atoms with Crippen LogP contribution in [0.25, 0.3) is 0 Å². The Morgan fingerprint density at radius 3 is 2.72 bits per heavy atom. The van der Waals surface area contributed by atoms with Crippen molar-refractivity contribution >= 4 is 28.9 Å². The molecule has 0 amide bonds. The lowest BCUT2D eigenvalue weighted by atomic mass is 10.2. The van der Waals surface area contributed by atoms with Crippen molar-refractivity contribution < 1.29 is 14.3 Å². The van der Waals surface area contributed by atoms with Crippen molar-refractivity contribution in [2.75, 3.05) is 5.32 Å². The van der Waals surface area contributed by atoms with E-state index in [-0.39, 0.29) is 16.4 Å². The van der Waals surface area contributed by atoms with Gasteiger partial charge >= 0.3 is 5.97 Å². The molecule has 6 heteroatoms. The predicted molar refractivity (Wildman–Crippen MR) is 65.9 cm³/mol. The predicted octanol–water partition coefficient (Wildman–Crippen LogP) is 3.32. The van der Waals surface area contributed by atoms with Gasteiger partial charge in [0.1, 0.15) is 5.69 Å². The van der Waals surface area contributed by atoms with Crippen molar-refractivity contribution in [2.45, 2.75) is 0 Å². The average Bonchev–Trinajstić information content (AvgIpc) is 2.36. The van der Waals surface area contributed by atoms with Gasteiger partial charge in [-0.05, 0) is 24.3 Å². The standard InChI is InChI=1S/C12H8ClFN2O2/c13-8-2-1-3-9(11(8)14)16-7-4-5-10(12(17)18)15-6-7/h1-6,16H,(H,17,18). The van der Waals surface area contributed by atoms with E-state index < -0.39 is 11.8 Å². The van der Waals surface area contributed by atoms with Crippen LogP contribution in [0.15, 0.2) is 36.5 Å². The largest absolute Gasteiger partial charge is 0.477 e. The van der Waals surface area contributed by atoms with Gasteiger partial charge in [-0.25, -0.2) is 14.2 Å². The summed E-state index contributed by atoms with van der Waals surface area (Å²) in [6, 6.07) is 7.39. The van der Waals surface area contributed by atoms with Crippen LogP contribution in [-0.4, -0.2) is 16.1 Å². The van der Waals surface area contributed by atoms with Crippen molar-refractivity contribution in [3.8, 4) is 0 Å². The van der Waals surface area contributed by atoms with Gasteiger partial charge in [0.15, 0.2) is 5.82 Å². The summed E-state index contributed by atoms with van der Waals surface area (Å²) in [6.07, 6.45) is 1.31. The minimum absolute atomic E-state index is 0.00937. The van der Waals surface area contributed by atoms with E-state index in [1.165, 1.54) is 30.5 Å². The fraction of sp³-hybridized carbons (Fsp3) is 0. The molecule has 2 aromatic rings. The first kappa shape index (κ1) is 12.3. The van der Waals surface area contributed by atoms with Crippen molar-refractivity contribution in [2.24, 2.45) is 0 Å². The summed E-state index contributed by atoms with van der Waals surface area (Å²) in [5.74, 6) is -1.68. The van der Waals surface area contributed by atoms with Crippen molar-refractivity contribution in [1.29, 1.82) is 0 Å². The van der Waals surface area contributed by atoms with Gasteiger partial charge in [0.2, 0.25) is 0 Å². The van der Waals surface area contributed by atoms with Gasteiger partial charge in [-0.1, -0.05) is 17.7 Å². The van der Waals surface area contributed by atoms with Crippen LogP contribution in [-0.2, 0) is 0 Å². The molecular weight excluding hydrogens is 259 g/mol. The van der Waals surface area contributed by atoms with Gasteiger partial charge in [-0.2, -0.15) is 0 Å². The SMILES string of the molecule is O=C(O)c1ccc(Nc2cccc(Cl)c2F)cn1. The first-order chi connectivity index (χ1) is 8.58. The lowest BCUT2D eigenvalue weighted by Crippen LogP contribution is -2.01. The summed E-state index contributed by atoms with van der Waals surface area (Å²) in [4.78, 5) is 14.3. The molecule has 1 aromatic heterocycles. The maximum absolute atomic E-state index is 13.6. The highest BCUT2D eigenvalue weighted by Crippen LogP contribution is 2.24. The zero-order chi connectivity index (χ0) is 13.1. The van der Waals surface area contributed by atoms with E-state index in [9.17, 15) is 9.18 Å². The maximum Gasteiger partial charge on any atom is 0.354 e. The molecule has 0 bridgehead atoms. The summed E-state index contributed by atoms with van der Waals surface area (Å²) >= 11 is 5.64. The van der Waals surface area contributed by atoms with Gasteiger partial charge < -0.3 is 10.4 Å². The monoisotopic (exact) mass is 266 g/mol. The molecule has 0 aliphatic rings. The number of nitrogens with zero attached hydrogens (tertiary/aromatic N) is 1. The summed E-state index contributed by atoms with van der Waals surface area (Å²) in [5, 5.41) is 11.5. The number of rotatable bonds is 3. The first-order valence-corrected chi connectivity index (χ1v) is 5.36. The molecule has 0 unspecified atom stereocenters. The zero-order valence-corrected chi connectivity index (χ0v) is 9.78. The number of hydrogen-bond acceptors (Lipinski definition) is 3. The van der Waals surface area contributed by atoms with E-state index in [4.69, 9.17) is 16.7 Å².